The Morgan fingerprint density at radius 2 is 1.91 bits per heavy atom. The Kier molecular flexibility index (Phi) is 5.25. The van der Waals surface area contributed by atoms with Gasteiger partial charge in [0.1, 0.15) is 5.82 Å². The molecule has 160 valence electrons. The quantitative estimate of drug-likeness (QED) is 0.487. The van der Waals surface area contributed by atoms with Crippen molar-refractivity contribution in [3.8, 4) is 23.5 Å². The maximum absolute atomic E-state index is 12.5. The number of benzene rings is 2. The van der Waals surface area contributed by atoms with Crippen LogP contribution in [0.1, 0.15) is 5.01 Å². The third-order valence-electron chi connectivity index (χ3n) is 5.76. The number of aryl methyl sites for hydroxylation is 1. The average Bonchev–Trinajstić information content (AvgIpc) is 3.45. The van der Waals surface area contributed by atoms with Crippen molar-refractivity contribution in [1.29, 1.82) is 0 Å². The molecular formula is C24H22N6OS. The van der Waals surface area contributed by atoms with E-state index in [1.807, 2.05) is 22.8 Å². The molecule has 2 amide bonds. The number of carbonyl (C=O) groups excluding carboxylic acids is 1. The summed E-state index contributed by atoms with van der Waals surface area (Å²) in [4.78, 5) is 20.8. The van der Waals surface area contributed by atoms with Gasteiger partial charge in [-0.1, -0.05) is 24.3 Å². The number of anilines is 2. The van der Waals surface area contributed by atoms with Gasteiger partial charge in [-0.15, -0.1) is 17.8 Å². The first-order valence-corrected chi connectivity index (χ1v) is 11.2. The van der Waals surface area contributed by atoms with Gasteiger partial charge in [-0.3, -0.25) is 10.00 Å². The van der Waals surface area contributed by atoms with E-state index in [1.165, 1.54) is 22.5 Å². The number of thiazole rings is 1. The first-order valence-electron chi connectivity index (χ1n) is 10.4. The second-order valence-corrected chi connectivity index (χ2v) is 8.50. The first kappa shape index (κ1) is 20.1. The monoisotopic (exact) mass is 442 g/mol. The van der Waals surface area contributed by atoms with Crippen molar-refractivity contribution in [1.82, 2.24) is 19.7 Å². The maximum atomic E-state index is 12.5. The van der Waals surface area contributed by atoms with Gasteiger partial charge in [0.2, 0.25) is 0 Å². The Morgan fingerprint density at radius 3 is 2.62 bits per heavy atom. The third kappa shape index (κ3) is 3.79. The summed E-state index contributed by atoms with van der Waals surface area (Å²) in [6.07, 6.45) is 7.26. The summed E-state index contributed by atoms with van der Waals surface area (Å²) >= 11 is 1.34. The maximum Gasteiger partial charge on any atom is 0.323 e. The van der Waals surface area contributed by atoms with E-state index in [0.29, 0.717) is 23.9 Å². The summed E-state index contributed by atoms with van der Waals surface area (Å²) in [6, 6.07) is 14.7. The Balaban J connectivity index is 1.23. The largest absolute Gasteiger partial charge is 0.368 e. The van der Waals surface area contributed by atoms with E-state index < -0.39 is 0 Å². The van der Waals surface area contributed by atoms with Crippen LogP contribution in [0.5, 0.6) is 0 Å². The zero-order valence-electron chi connectivity index (χ0n) is 17.7. The van der Waals surface area contributed by atoms with Gasteiger partial charge in [-0.25, -0.2) is 9.78 Å². The van der Waals surface area contributed by atoms with Crippen molar-refractivity contribution < 1.29 is 4.79 Å². The van der Waals surface area contributed by atoms with Crippen LogP contribution in [-0.2, 0) is 7.05 Å². The summed E-state index contributed by atoms with van der Waals surface area (Å²) in [7, 11) is 1.96. The Hall–Kier alpha value is -3.83. The number of carbonyl (C=O) groups is 1. The molecule has 1 N–H and O–H groups in total. The minimum absolute atomic E-state index is 0.140. The van der Waals surface area contributed by atoms with E-state index in [2.05, 4.69) is 68.7 Å². The fraction of sp³-hybridized carbons (Fsp3) is 0.208. The summed E-state index contributed by atoms with van der Waals surface area (Å²) in [5.41, 5.74) is 4.62. The molecule has 1 aliphatic rings. The molecule has 0 bridgehead atoms. The van der Waals surface area contributed by atoms with E-state index in [9.17, 15) is 4.79 Å². The number of nitrogens with one attached hydrogen (secondary N) is 1. The number of hydrogen-bond donors (Lipinski definition) is 1. The zero-order chi connectivity index (χ0) is 22.1. The summed E-state index contributed by atoms with van der Waals surface area (Å²) in [5, 5.41) is 10.7. The van der Waals surface area contributed by atoms with Crippen molar-refractivity contribution in [3.05, 3.63) is 59.0 Å². The minimum Gasteiger partial charge on any atom is -0.368 e. The molecule has 0 saturated carbocycles. The topological polar surface area (TPSA) is 66.3 Å². The molecule has 1 aliphatic heterocycles. The van der Waals surface area contributed by atoms with Gasteiger partial charge < -0.3 is 9.80 Å². The molecule has 2 aromatic carbocycles. The van der Waals surface area contributed by atoms with Gasteiger partial charge in [-0.2, -0.15) is 5.10 Å². The molecular weight excluding hydrogens is 420 g/mol. The van der Waals surface area contributed by atoms with E-state index in [-0.39, 0.29) is 6.03 Å². The van der Waals surface area contributed by atoms with Crippen LogP contribution in [0.25, 0.3) is 22.0 Å². The van der Waals surface area contributed by atoms with Gasteiger partial charge in [0.05, 0.1) is 11.7 Å². The molecule has 3 heterocycles. The number of urea groups is 1. The molecule has 0 atom stereocenters. The summed E-state index contributed by atoms with van der Waals surface area (Å²) in [6.45, 7) is 2.85. The first-order chi connectivity index (χ1) is 15.6. The fourth-order valence-electron chi connectivity index (χ4n) is 4.03. The molecule has 4 aromatic rings. The smallest absolute Gasteiger partial charge is 0.323 e. The van der Waals surface area contributed by atoms with Crippen LogP contribution < -0.4 is 10.2 Å². The number of hydrogen-bond acceptors (Lipinski definition) is 5. The van der Waals surface area contributed by atoms with E-state index in [0.717, 1.165) is 29.7 Å². The normalized spacial score (nSPS) is 13.9. The number of amides is 2. The highest BCUT2D eigenvalue weighted by Gasteiger charge is 2.22. The Labute approximate surface area is 190 Å². The molecule has 0 radical (unpaired) electrons. The lowest BCUT2D eigenvalue weighted by molar-refractivity contribution is 0.208. The van der Waals surface area contributed by atoms with Crippen LogP contribution in [-0.4, -0.2) is 51.9 Å². The van der Waals surface area contributed by atoms with Crippen LogP contribution in [0.4, 0.5) is 16.3 Å². The molecule has 0 aliphatic carbocycles. The SMILES string of the molecule is C#Cc1nc(NC(=O)N2CCN(c3ccc(-c4cccc5c4cnn5C)cc3)CC2)cs1. The molecule has 2 aromatic heterocycles. The molecule has 1 saturated heterocycles. The van der Waals surface area contributed by atoms with Crippen LogP contribution in [0.2, 0.25) is 0 Å². The highest BCUT2D eigenvalue weighted by atomic mass is 32.1. The van der Waals surface area contributed by atoms with Crippen molar-refractivity contribution in [2.45, 2.75) is 0 Å². The number of piperazine rings is 1. The van der Waals surface area contributed by atoms with Crippen molar-refractivity contribution in [2.75, 3.05) is 36.4 Å². The number of nitrogens with zero attached hydrogens (tertiary/aromatic N) is 5. The number of rotatable bonds is 3. The van der Waals surface area contributed by atoms with Crippen LogP contribution in [0.15, 0.2) is 54.0 Å². The van der Waals surface area contributed by atoms with Crippen LogP contribution in [0.3, 0.4) is 0 Å². The fourth-order valence-corrected chi connectivity index (χ4v) is 4.59. The molecule has 0 unspecified atom stereocenters. The minimum atomic E-state index is -0.140. The number of terminal acetylenes is 1. The lowest BCUT2D eigenvalue weighted by Gasteiger charge is -2.36. The Morgan fingerprint density at radius 1 is 1.12 bits per heavy atom. The highest BCUT2D eigenvalue weighted by molar-refractivity contribution is 7.10. The number of aromatic nitrogens is 3. The van der Waals surface area contributed by atoms with Gasteiger partial charge in [0.25, 0.3) is 0 Å². The molecule has 5 rings (SSSR count). The highest BCUT2D eigenvalue weighted by Crippen LogP contribution is 2.30. The molecule has 8 heteroatoms. The van der Waals surface area contributed by atoms with E-state index in [1.54, 1.807) is 5.38 Å². The summed E-state index contributed by atoms with van der Waals surface area (Å²) < 4.78 is 1.89. The van der Waals surface area contributed by atoms with E-state index in [4.69, 9.17) is 6.42 Å². The van der Waals surface area contributed by atoms with Crippen LogP contribution in [0, 0.1) is 12.3 Å². The molecule has 7 nitrogen and oxygen atoms in total. The molecule has 1 fully saturated rings. The molecule has 32 heavy (non-hydrogen) atoms. The molecule has 0 spiro atoms. The van der Waals surface area contributed by atoms with Gasteiger partial charge in [-0.05, 0) is 35.2 Å². The van der Waals surface area contributed by atoms with Crippen molar-refractivity contribution in [2.24, 2.45) is 7.05 Å². The lowest BCUT2D eigenvalue weighted by Crippen LogP contribution is -2.50. The van der Waals surface area contributed by atoms with E-state index >= 15 is 0 Å². The zero-order valence-corrected chi connectivity index (χ0v) is 18.5. The standard InChI is InChI=1S/C24H22N6OS/c1-3-23-26-22(16-32-23)27-24(31)30-13-11-29(12-14-30)18-9-7-17(8-10-18)19-5-4-6-21-20(19)15-25-28(21)2/h1,4-10,15-16H,11-14H2,2H3,(H,27,31). The second kappa shape index (κ2) is 8.36. The summed E-state index contributed by atoms with van der Waals surface area (Å²) in [5.74, 6) is 2.99. The van der Waals surface area contributed by atoms with Crippen molar-refractivity contribution in [3.63, 3.8) is 0 Å². The van der Waals surface area contributed by atoms with Gasteiger partial charge >= 0.3 is 6.03 Å². The Bertz CT molecular complexity index is 1310. The van der Waals surface area contributed by atoms with Crippen LogP contribution >= 0.6 is 11.3 Å². The predicted molar refractivity (Wildman–Crippen MR) is 129 cm³/mol. The predicted octanol–water partition coefficient (Wildman–Crippen LogP) is 4.03. The third-order valence-corrected chi connectivity index (χ3v) is 6.54. The lowest BCUT2D eigenvalue weighted by atomic mass is 10.0. The average molecular weight is 443 g/mol. The van der Waals surface area contributed by atoms with Crippen molar-refractivity contribution >= 4 is 39.8 Å². The van der Waals surface area contributed by atoms with Gasteiger partial charge in [0.15, 0.2) is 5.01 Å². The van der Waals surface area contributed by atoms with Gasteiger partial charge in [0, 0.05) is 49.7 Å². The second-order valence-electron chi connectivity index (χ2n) is 7.64. The number of fused-ring (bicyclic) bond motifs is 1.